The Labute approximate surface area is 206 Å². The van der Waals surface area contributed by atoms with Crippen LogP contribution in [-0.4, -0.2) is 25.8 Å². The molecule has 0 radical (unpaired) electrons. The quantitative estimate of drug-likeness (QED) is 0.250. The molecule has 0 N–H and O–H groups in total. The van der Waals surface area contributed by atoms with Gasteiger partial charge < -0.3 is 8.92 Å². The van der Waals surface area contributed by atoms with Gasteiger partial charge in [-0.1, -0.05) is 53.8 Å². The molecule has 6 nitrogen and oxygen atoms in total. The maximum absolute atomic E-state index is 13.6. The Balaban J connectivity index is 1.60. The molecule has 0 atom stereocenters. The number of hydrogen-bond acceptors (Lipinski definition) is 7. The normalized spacial score (nSPS) is 15.1. The summed E-state index contributed by atoms with van der Waals surface area (Å²) in [5.41, 5.74) is 1.83. The Morgan fingerprint density at radius 3 is 2.44 bits per heavy atom. The molecule has 1 amide bonds. The van der Waals surface area contributed by atoms with Crippen LogP contribution in [0.15, 0.2) is 76.5 Å². The summed E-state index contributed by atoms with van der Waals surface area (Å²) in [5, 5.41) is 0. The number of hydrogen-bond donors (Lipinski definition) is 0. The lowest BCUT2D eigenvalue weighted by molar-refractivity contribution is -0.113. The van der Waals surface area contributed by atoms with E-state index in [1.165, 1.54) is 48.4 Å². The molecule has 1 aliphatic rings. The van der Waals surface area contributed by atoms with Crippen molar-refractivity contribution in [2.24, 2.45) is 0 Å². The van der Waals surface area contributed by atoms with E-state index in [2.05, 4.69) is 0 Å². The number of carbonyl (C=O) groups is 1. The monoisotopic (exact) mass is 515 g/mol. The van der Waals surface area contributed by atoms with Crippen molar-refractivity contribution in [3.8, 4) is 11.5 Å². The van der Waals surface area contributed by atoms with Crippen LogP contribution in [0.2, 0.25) is 0 Å². The smallest absolute Gasteiger partial charge is 0.339 e. The average molecular weight is 516 g/mol. The third-order valence-electron chi connectivity index (χ3n) is 4.85. The van der Waals surface area contributed by atoms with Gasteiger partial charge in [0.25, 0.3) is 5.91 Å². The zero-order chi connectivity index (χ0) is 24.5. The summed E-state index contributed by atoms with van der Waals surface area (Å²) in [6, 6.07) is 16.5. The summed E-state index contributed by atoms with van der Waals surface area (Å²) in [4.78, 5) is 14.5. The number of thiocarbonyl (C=S) groups is 1. The molecule has 0 aromatic heterocycles. The van der Waals surface area contributed by atoms with E-state index in [-0.39, 0.29) is 26.6 Å². The number of carbonyl (C=O) groups excluding carboxylic acids is 1. The molecular formula is C24H18FNO5S3. The second-order valence-corrected chi connectivity index (χ2v) is 10.5. The van der Waals surface area contributed by atoms with Crippen LogP contribution in [0.3, 0.4) is 0 Å². The lowest BCUT2D eigenvalue weighted by Gasteiger charge is -2.14. The molecule has 0 bridgehead atoms. The van der Waals surface area contributed by atoms with Gasteiger partial charge in [-0.3, -0.25) is 9.69 Å². The maximum Gasteiger partial charge on any atom is 0.339 e. The van der Waals surface area contributed by atoms with Crippen molar-refractivity contribution in [2.75, 3.05) is 12.0 Å². The Morgan fingerprint density at radius 1 is 1.03 bits per heavy atom. The second kappa shape index (κ2) is 9.57. The number of thioether (sulfide) groups is 1. The van der Waals surface area contributed by atoms with Gasteiger partial charge in [-0.15, -0.1) is 0 Å². The molecule has 1 aliphatic heterocycles. The van der Waals surface area contributed by atoms with Gasteiger partial charge in [-0.25, -0.2) is 4.39 Å². The van der Waals surface area contributed by atoms with Crippen LogP contribution >= 0.6 is 24.0 Å². The summed E-state index contributed by atoms with van der Waals surface area (Å²) in [7, 11) is -2.68. The highest BCUT2D eigenvalue weighted by Gasteiger charge is 2.33. The zero-order valence-electron chi connectivity index (χ0n) is 18.0. The summed E-state index contributed by atoms with van der Waals surface area (Å²) >= 11 is 6.39. The number of methoxy groups -OCH3 is 1. The first-order valence-electron chi connectivity index (χ1n) is 9.91. The second-order valence-electron chi connectivity index (χ2n) is 7.26. The van der Waals surface area contributed by atoms with Gasteiger partial charge >= 0.3 is 10.1 Å². The maximum atomic E-state index is 13.6. The van der Waals surface area contributed by atoms with Gasteiger partial charge in [-0.2, -0.15) is 8.42 Å². The molecule has 10 heteroatoms. The minimum absolute atomic E-state index is 0.00698. The summed E-state index contributed by atoms with van der Waals surface area (Å²) < 4.78 is 49.8. The molecular weight excluding hydrogens is 497 g/mol. The molecule has 0 spiro atoms. The van der Waals surface area contributed by atoms with Crippen LogP contribution in [-0.2, 0) is 14.9 Å². The fourth-order valence-electron chi connectivity index (χ4n) is 3.17. The van der Waals surface area contributed by atoms with Gasteiger partial charge in [0.1, 0.15) is 10.7 Å². The number of amides is 1. The highest BCUT2D eigenvalue weighted by Crippen LogP contribution is 2.37. The van der Waals surface area contributed by atoms with Crippen LogP contribution in [0.5, 0.6) is 11.5 Å². The SMILES string of the molecule is COc1cc(/C=C2/SC(=S)N(c3cccc(F)c3)C2=O)ccc1OS(=O)(=O)c1ccc(C)cc1. The third-order valence-corrected chi connectivity index (χ3v) is 7.41. The van der Waals surface area contributed by atoms with Crippen LogP contribution in [0.1, 0.15) is 11.1 Å². The Kier molecular flexibility index (Phi) is 6.74. The highest BCUT2D eigenvalue weighted by molar-refractivity contribution is 8.27. The van der Waals surface area contributed by atoms with Crippen molar-refractivity contribution in [3.63, 3.8) is 0 Å². The number of halogens is 1. The molecule has 0 aliphatic carbocycles. The summed E-state index contributed by atoms with van der Waals surface area (Å²) in [6.07, 6.45) is 1.60. The van der Waals surface area contributed by atoms with Crippen LogP contribution < -0.4 is 13.8 Å². The lowest BCUT2D eigenvalue weighted by atomic mass is 10.2. The van der Waals surface area contributed by atoms with Crippen LogP contribution in [0.25, 0.3) is 6.08 Å². The third kappa shape index (κ3) is 4.98. The van der Waals surface area contributed by atoms with Crippen LogP contribution in [0, 0.1) is 12.7 Å². The van der Waals surface area contributed by atoms with Crippen LogP contribution in [0.4, 0.5) is 10.1 Å². The molecule has 1 heterocycles. The summed E-state index contributed by atoms with van der Waals surface area (Å²) in [5.74, 6) is -0.684. The molecule has 4 rings (SSSR count). The topological polar surface area (TPSA) is 72.9 Å². The minimum atomic E-state index is -4.06. The van der Waals surface area contributed by atoms with Crippen molar-refractivity contribution in [3.05, 3.63) is 88.6 Å². The van der Waals surface area contributed by atoms with E-state index in [9.17, 15) is 17.6 Å². The van der Waals surface area contributed by atoms with E-state index < -0.39 is 15.9 Å². The molecule has 1 fully saturated rings. The Bertz CT molecular complexity index is 1420. The predicted octanol–water partition coefficient (Wildman–Crippen LogP) is 5.32. The van der Waals surface area contributed by atoms with E-state index in [4.69, 9.17) is 21.1 Å². The number of ether oxygens (including phenoxy) is 1. The van der Waals surface area contributed by atoms with Crippen molar-refractivity contribution < 1.29 is 26.5 Å². The molecule has 0 unspecified atom stereocenters. The van der Waals surface area contributed by atoms with Gasteiger partial charge in [0.05, 0.1) is 17.7 Å². The first-order chi connectivity index (χ1) is 16.2. The van der Waals surface area contributed by atoms with E-state index >= 15 is 0 Å². The molecule has 1 saturated heterocycles. The average Bonchev–Trinajstić information content (AvgIpc) is 3.07. The van der Waals surface area contributed by atoms with E-state index in [1.807, 2.05) is 6.92 Å². The van der Waals surface area contributed by atoms with E-state index in [1.54, 1.807) is 36.4 Å². The molecule has 34 heavy (non-hydrogen) atoms. The van der Waals surface area contributed by atoms with Gasteiger partial charge in [0, 0.05) is 0 Å². The standard InChI is InChI=1S/C24H18FNO5S3/c1-15-6-9-19(10-7-15)34(28,29)31-20-11-8-16(12-21(20)30-2)13-22-23(27)26(24(32)33-22)18-5-3-4-17(25)14-18/h3-14H,1-2H3/b22-13+. The molecule has 0 saturated carbocycles. The Hall–Kier alpha value is -3.21. The number of aryl methyl sites for hydroxylation is 1. The summed E-state index contributed by atoms with van der Waals surface area (Å²) in [6.45, 7) is 1.85. The van der Waals surface area contributed by atoms with E-state index in [0.717, 1.165) is 17.3 Å². The van der Waals surface area contributed by atoms with Crippen molar-refractivity contribution in [2.45, 2.75) is 11.8 Å². The fraction of sp³-hybridized carbons (Fsp3) is 0.0833. The Morgan fingerprint density at radius 2 is 1.76 bits per heavy atom. The number of nitrogens with zero attached hydrogens (tertiary/aromatic N) is 1. The van der Waals surface area contributed by atoms with E-state index in [0.29, 0.717) is 16.2 Å². The minimum Gasteiger partial charge on any atom is -0.493 e. The van der Waals surface area contributed by atoms with Crippen molar-refractivity contribution in [1.29, 1.82) is 0 Å². The first kappa shape index (κ1) is 23.9. The fourth-order valence-corrected chi connectivity index (χ4v) is 5.41. The first-order valence-corrected chi connectivity index (χ1v) is 12.5. The number of anilines is 1. The van der Waals surface area contributed by atoms with Crippen molar-refractivity contribution >= 4 is 56.1 Å². The molecule has 174 valence electrons. The number of rotatable bonds is 6. The predicted molar refractivity (Wildman–Crippen MR) is 134 cm³/mol. The largest absolute Gasteiger partial charge is 0.493 e. The van der Waals surface area contributed by atoms with Crippen molar-refractivity contribution in [1.82, 2.24) is 0 Å². The van der Waals surface area contributed by atoms with Gasteiger partial charge in [-0.05, 0) is 61.0 Å². The van der Waals surface area contributed by atoms with Gasteiger partial charge in [0.15, 0.2) is 15.8 Å². The molecule has 3 aromatic carbocycles. The lowest BCUT2D eigenvalue weighted by Crippen LogP contribution is -2.27. The highest BCUT2D eigenvalue weighted by atomic mass is 32.2. The zero-order valence-corrected chi connectivity index (χ0v) is 20.5. The van der Waals surface area contributed by atoms with Gasteiger partial charge in [0.2, 0.25) is 0 Å². The number of benzene rings is 3. The molecule has 3 aromatic rings.